The van der Waals surface area contributed by atoms with Crippen molar-refractivity contribution in [2.45, 2.75) is 56.9 Å². The van der Waals surface area contributed by atoms with Gasteiger partial charge in [-0.3, -0.25) is 19.4 Å². The van der Waals surface area contributed by atoms with Gasteiger partial charge in [-0.05, 0) is 79.3 Å². The number of aryl methyl sites for hydroxylation is 1. The predicted molar refractivity (Wildman–Crippen MR) is 222 cm³/mol. The number of aliphatic hydroxyl groups excluding tert-OH is 1. The van der Waals surface area contributed by atoms with Crippen LogP contribution in [0.2, 0.25) is 0 Å². The van der Waals surface area contributed by atoms with E-state index in [0.717, 1.165) is 32.7 Å². The molecular formula is C48H45N3O10. The van der Waals surface area contributed by atoms with Gasteiger partial charge in [0.15, 0.2) is 23.0 Å². The molecule has 0 radical (unpaired) electrons. The summed E-state index contributed by atoms with van der Waals surface area (Å²) in [5.74, 6) is -0.231. The summed E-state index contributed by atoms with van der Waals surface area (Å²) >= 11 is 0. The number of carbonyl (C=O) groups excluding carboxylic acids is 3. The Balaban J connectivity index is 1.20. The van der Waals surface area contributed by atoms with E-state index in [1.165, 1.54) is 19.1 Å². The highest BCUT2D eigenvalue weighted by Crippen LogP contribution is 2.57. The topological polar surface area (TPSA) is 148 Å². The summed E-state index contributed by atoms with van der Waals surface area (Å²) in [6.07, 6.45) is -1.75. The molecule has 1 aliphatic carbocycles. The van der Waals surface area contributed by atoms with Crippen LogP contribution >= 0.6 is 0 Å². The van der Waals surface area contributed by atoms with Crippen LogP contribution in [0.25, 0.3) is 11.1 Å². The lowest BCUT2D eigenvalue weighted by atomic mass is 9.77. The summed E-state index contributed by atoms with van der Waals surface area (Å²) in [4.78, 5) is 49.7. The van der Waals surface area contributed by atoms with Crippen molar-refractivity contribution in [2.75, 3.05) is 41.3 Å². The average Bonchev–Trinajstić information content (AvgIpc) is 3.96. The van der Waals surface area contributed by atoms with Gasteiger partial charge in [0, 0.05) is 34.2 Å². The molecular weight excluding hydrogens is 779 g/mol. The predicted octanol–water partition coefficient (Wildman–Crippen LogP) is 6.82. The number of likely N-dealkylation sites (N-methyl/N-ethyl adjacent to an activating group) is 1. The molecule has 0 aromatic heterocycles. The van der Waals surface area contributed by atoms with E-state index in [-0.39, 0.29) is 60.7 Å². The third-order valence-electron chi connectivity index (χ3n) is 13.4. The number of imide groups is 1. The summed E-state index contributed by atoms with van der Waals surface area (Å²) in [6, 6.07) is 22.4. The van der Waals surface area contributed by atoms with Gasteiger partial charge >= 0.3 is 6.09 Å². The van der Waals surface area contributed by atoms with Crippen LogP contribution in [-0.4, -0.2) is 96.2 Å². The summed E-state index contributed by atoms with van der Waals surface area (Å²) in [7, 11) is 4.86. The Morgan fingerprint density at radius 2 is 1.39 bits per heavy atom. The normalized spacial score (nSPS) is 21.1. The quantitative estimate of drug-likeness (QED) is 0.167. The first-order chi connectivity index (χ1) is 29.6. The van der Waals surface area contributed by atoms with Crippen molar-refractivity contribution in [3.63, 3.8) is 0 Å². The molecule has 0 saturated heterocycles. The van der Waals surface area contributed by atoms with E-state index in [9.17, 15) is 19.8 Å². The number of phenols is 1. The van der Waals surface area contributed by atoms with E-state index < -0.39 is 42.2 Å². The number of hydrogen-bond donors (Lipinski definition) is 2. The van der Waals surface area contributed by atoms with Crippen LogP contribution in [0.15, 0.2) is 78.9 Å². The van der Waals surface area contributed by atoms with Crippen molar-refractivity contribution in [2.24, 2.45) is 0 Å². The largest absolute Gasteiger partial charge is 0.504 e. The van der Waals surface area contributed by atoms with Crippen LogP contribution in [0.5, 0.6) is 28.7 Å². The van der Waals surface area contributed by atoms with Crippen molar-refractivity contribution in [1.29, 1.82) is 0 Å². The number of hydrogen-bond acceptors (Lipinski definition) is 11. The maximum Gasteiger partial charge on any atom is 0.412 e. The first kappa shape index (κ1) is 38.6. The Bertz CT molecular complexity index is 2600. The number of rotatable bonds is 7. The molecule has 4 heterocycles. The van der Waals surface area contributed by atoms with E-state index in [1.54, 1.807) is 24.3 Å². The minimum atomic E-state index is -1.44. The molecule has 13 heteroatoms. The highest BCUT2D eigenvalue weighted by molar-refractivity contribution is 6.21. The van der Waals surface area contributed by atoms with Gasteiger partial charge in [-0.25, -0.2) is 9.69 Å². The Kier molecular flexibility index (Phi) is 9.22. The van der Waals surface area contributed by atoms with Crippen molar-refractivity contribution in [3.8, 4) is 39.9 Å². The maximum atomic E-state index is 15.6. The lowest BCUT2D eigenvalue weighted by molar-refractivity contribution is -0.0274. The standard InChI is InChI=1S/C48H45N3O10/c1-24-18-26-19-27(21-52)49(3)39(37(26)40(53)41(24)57-4)36-20-34-38(44-43(60-23-61-44)25(2)42(34)58-5)45(51-46(54)32-16-10-11-17-33(32)47(51)55)50(36)48(56)59-22-35-30-14-8-6-12-28(30)29-13-7-9-15-31(29)35/h6-18,27,35-36,39,45,52-53H,19-23H2,1-5H3/t27?,36-,39-,45-/m0/s1. The third-order valence-corrected chi connectivity index (χ3v) is 13.4. The molecule has 2 N–H and O–H groups in total. The van der Waals surface area contributed by atoms with Crippen LogP contribution in [-0.2, 0) is 17.6 Å². The summed E-state index contributed by atoms with van der Waals surface area (Å²) < 4.78 is 30.6. The van der Waals surface area contributed by atoms with Gasteiger partial charge in [-0.1, -0.05) is 66.7 Å². The fourth-order valence-electron chi connectivity index (χ4n) is 10.7. The van der Waals surface area contributed by atoms with Gasteiger partial charge in [0.1, 0.15) is 18.5 Å². The number of phenolic OH excluding ortho intramolecular Hbond substituents is 1. The Morgan fingerprint density at radius 3 is 2.00 bits per heavy atom. The summed E-state index contributed by atoms with van der Waals surface area (Å²) in [5.41, 5.74) is 8.08. The molecule has 312 valence electrons. The number of benzene rings is 5. The number of ether oxygens (including phenoxy) is 5. The summed E-state index contributed by atoms with van der Waals surface area (Å²) in [6.45, 7) is 3.27. The van der Waals surface area contributed by atoms with Gasteiger partial charge in [0.25, 0.3) is 11.8 Å². The van der Waals surface area contributed by atoms with Crippen LogP contribution < -0.4 is 18.9 Å². The molecule has 0 spiro atoms. The van der Waals surface area contributed by atoms with E-state index >= 15 is 4.79 Å². The first-order valence-corrected chi connectivity index (χ1v) is 20.4. The number of aromatic hydroxyl groups is 1. The van der Waals surface area contributed by atoms with E-state index in [4.69, 9.17) is 23.7 Å². The fraction of sp³-hybridized carbons (Fsp3) is 0.312. The second-order valence-corrected chi connectivity index (χ2v) is 16.3. The molecule has 3 amide bonds. The molecule has 13 nitrogen and oxygen atoms in total. The smallest absolute Gasteiger partial charge is 0.412 e. The molecule has 10 rings (SSSR count). The molecule has 4 aliphatic heterocycles. The minimum absolute atomic E-state index is 0.0542. The van der Waals surface area contributed by atoms with Crippen LogP contribution in [0.3, 0.4) is 0 Å². The molecule has 0 bridgehead atoms. The third kappa shape index (κ3) is 5.56. The molecule has 0 saturated carbocycles. The van der Waals surface area contributed by atoms with Gasteiger partial charge in [-0.2, -0.15) is 0 Å². The second kappa shape index (κ2) is 14.6. The van der Waals surface area contributed by atoms with Gasteiger partial charge in [0.2, 0.25) is 6.79 Å². The fourth-order valence-corrected chi connectivity index (χ4v) is 10.7. The monoisotopic (exact) mass is 823 g/mol. The molecule has 5 aliphatic rings. The highest BCUT2D eigenvalue weighted by atomic mass is 16.7. The van der Waals surface area contributed by atoms with Crippen molar-refractivity contribution in [3.05, 3.63) is 134 Å². The Morgan fingerprint density at radius 1 is 0.803 bits per heavy atom. The zero-order chi connectivity index (χ0) is 42.4. The van der Waals surface area contributed by atoms with E-state index in [2.05, 4.69) is 12.1 Å². The van der Waals surface area contributed by atoms with Gasteiger partial charge < -0.3 is 33.9 Å². The lowest BCUT2D eigenvalue weighted by Crippen LogP contribution is -2.60. The highest BCUT2D eigenvalue weighted by Gasteiger charge is 2.56. The van der Waals surface area contributed by atoms with Crippen LogP contribution in [0.4, 0.5) is 4.79 Å². The number of methoxy groups -OCH3 is 2. The van der Waals surface area contributed by atoms with Crippen molar-refractivity contribution in [1.82, 2.24) is 14.7 Å². The van der Waals surface area contributed by atoms with Crippen LogP contribution in [0, 0.1) is 13.8 Å². The van der Waals surface area contributed by atoms with Crippen LogP contribution in [0.1, 0.15) is 83.3 Å². The molecule has 1 unspecified atom stereocenters. The molecule has 0 fully saturated rings. The lowest BCUT2D eigenvalue weighted by Gasteiger charge is -2.52. The Labute approximate surface area is 352 Å². The zero-order valence-electron chi connectivity index (χ0n) is 34.4. The average molecular weight is 824 g/mol. The summed E-state index contributed by atoms with van der Waals surface area (Å²) in [5, 5.41) is 23.0. The number of fused-ring (bicyclic) bond motifs is 8. The molecule has 5 aromatic carbocycles. The van der Waals surface area contributed by atoms with Crippen molar-refractivity contribution < 1.29 is 48.3 Å². The number of amides is 3. The van der Waals surface area contributed by atoms with Gasteiger partial charge in [-0.15, -0.1) is 0 Å². The molecule has 4 atom stereocenters. The van der Waals surface area contributed by atoms with Gasteiger partial charge in [0.05, 0.1) is 44.0 Å². The number of carbonyl (C=O) groups is 3. The second-order valence-electron chi connectivity index (χ2n) is 16.3. The molecule has 5 aromatic rings. The molecule has 61 heavy (non-hydrogen) atoms. The maximum absolute atomic E-state index is 15.6. The van der Waals surface area contributed by atoms with E-state index in [1.807, 2.05) is 68.3 Å². The number of nitrogens with zero attached hydrogens (tertiary/aromatic N) is 3. The number of aliphatic hydroxyl groups is 1. The zero-order valence-corrected chi connectivity index (χ0v) is 34.4. The first-order valence-electron chi connectivity index (χ1n) is 20.4. The SMILES string of the molecule is COc1c(C)cc2c(c1O)[C@H]([C@@H]1Cc3c(OC)c(C)c4c(c3[C@H](N3C(=O)c5ccccc5C3=O)N1C(=O)OCC1c3ccccc3-c3ccccc31)OCO4)N(C)C(CO)C2. The van der Waals surface area contributed by atoms with E-state index in [0.29, 0.717) is 45.7 Å². The minimum Gasteiger partial charge on any atom is -0.504 e. The van der Waals surface area contributed by atoms with Crippen molar-refractivity contribution >= 4 is 17.9 Å². The Hall–Kier alpha value is -6.57.